The summed E-state index contributed by atoms with van der Waals surface area (Å²) >= 11 is 6.07. The molecule has 20 heavy (non-hydrogen) atoms. The fourth-order valence-corrected chi connectivity index (χ4v) is 2.68. The van der Waals surface area contributed by atoms with Gasteiger partial charge in [0.05, 0.1) is 6.04 Å². The van der Waals surface area contributed by atoms with Crippen molar-refractivity contribution in [3.63, 3.8) is 0 Å². The smallest absolute Gasteiger partial charge is 0.134 e. The Balaban J connectivity index is 2.07. The van der Waals surface area contributed by atoms with E-state index in [-0.39, 0.29) is 6.04 Å². The number of halogens is 1. The summed E-state index contributed by atoms with van der Waals surface area (Å²) in [5.41, 5.74) is 3.23. The minimum absolute atomic E-state index is 0.00130. The van der Waals surface area contributed by atoms with Crippen LogP contribution in [0, 0.1) is 6.92 Å². The Bertz CT molecular complexity index is 748. The van der Waals surface area contributed by atoms with Gasteiger partial charge in [-0.3, -0.25) is 0 Å². The van der Waals surface area contributed by atoms with Crippen molar-refractivity contribution in [3.05, 3.63) is 70.4 Å². The monoisotopic (exact) mass is 285 g/mol. The van der Waals surface area contributed by atoms with Crippen molar-refractivity contribution in [2.45, 2.75) is 13.0 Å². The van der Waals surface area contributed by atoms with Gasteiger partial charge in [-0.2, -0.15) is 0 Å². The first-order valence-electron chi connectivity index (χ1n) is 6.60. The van der Waals surface area contributed by atoms with Gasteiger partial charge in [0.2, 0.25) is 0 Å². The molecule has 0 fully saturated rings. The molecule has 3 rings (SSSR count). The second kappa shape index (κ2) is 5.31. The highest BCUT2D eigenvalue weighted by Crippen LogP contribution is 2.29. The van der Waals surface area contributed by atoms with Crippen LogP contribution in [0.3, 0.4) is 0 Å². The standard InChI is InChI=1S/C17H16ClNO/c1-11-6-7-15-13(8-11)10-16(20-15)17(19-2)12-4-3-5-14(18)9-12/h3-10,17,19H,1-2H3. The molecule has 1 heterocycles. The van der Waals surface area contributed by atoms with E-state index in [1.165, 1.54) is 5.56 Å². The van der Waals surface area contributed by atoms with Gasteiger partial charge in [-0.15, -0.1) is 0 Å². The van der Waals surface area contributed by atoms with Crippen molar-refractivity contribution in [3.8, 4) is 0 Å². The Morgan fingerprint density at radius 2 is 1.95 bits per heavy atom. The van der Waals surface area contributed by atoms with Crippen LogP contribution in [-0.2, 0) is 0 Å². The SMILES string of the molecule is CNC(c1cccc(Cl)c1)c1cc2cc(C)ccc2o1. The van der Waals surface area contributed by atoms with Gasteiger partial charge in [-0.05, 0) is 49.9 Å². The Morgan fingerprint density at radius 3 is 2.70 bits per heavy atom. The second-order valence-corrected chi connectivity index (χ2v) is 5.40. The Kier molecular flexibility index (Phi) is 3.51. The third kappa shape index (κ3) is 2.45. The summed E-state index contributed by atoms with van der Waals surface area (Å²) < 4.78 is 5.96. The van der Waals surface area contributed by atoms with Crippen molar-refractivity contribution in [1.29, 1.82) is 0 Å². The number of fused-ring (bicyclic) bond motifs is 1. The fourth-order valence-electron chi connectivity index (χ4n) is 2.48. The van der Waals surface area contributed by atoms with E-state index in [1.54, 1.807) is 0 Å². The van der Waals surface area contributed by atoms with Gasteiger partial charge in [0.15, 0.2) is 0 Å². The van der Waals surface area contributed by atoms with E-state index in [1.807, 2.05) is 37.4 Å². The number of nitrogens with one attached hydrogen (secondary N) is 1. The topological polar surface area (TPSA) is 25.2 Å². The van der Waals surface area contributed by atoms with Crippen LogP contribution in [0.15, 0.2) is 52.9 Å². The third-order valence-electron chi connectivity index (χ3n) is 3.45. The molecule has 0 saturated heterocycles. The summed E-state index contributed by atoms with van der Waals surface area (Å²) in [6, 6.07) is 16.1. The maximum Gasteiger partial charge on any atom is 0.134 e. The Morgan fingerprint density at radius 1 is 1.10 bits per heavy atom. The van der Waals surface area contributed by atoms with Crippen molar-refractivity contribution in [1.82, 2.24) is 5.32 Å². The lowest BCUT2D eigenvalue weighted by Gasteiger charge is -2.14. The quantitative estimate of drug-likeness (QED) is 0.754. The first-order chi connectivity index (χ1) is 9.67. The van der Waals surface area contributed by atoms with Crippen molar-refractivity contribution in [2.75, 3.05) is 7.05 Å². The third-order valence-corrected chi connectivity index (χ3v) is 3.68. The predicted molar refractivity (Wildman–Crippen MR) is 83.3 cm³/mol. The van der Waals surface area contributed by atoms with Crippen molar-refractivity contribution >= 4 is 22.6 Å². The number of benzene rings is 2. The van der Waals surface area contributed by atoms with Gasteiger partial charge in [-0.25, -0.2) is 0 Å². The van der Waals surface area contributed by atoms with Crippen molar-refractivity contribution < 1.29 is 4.42 Å². The molecule has 0 aliphatic rings. The highest BCUT2D eigenvalue weighted by atomic mass is 35.5. The van der Waals surface area contributed by atoms with E-state index in [0.29, 0.717) is 0 Å². The van der Waals surface area contributed by atoms with E-state index in [9.17, 15) is 0 Å². The van der Waals surface area contributed by atoms with E-state index in [4.69, 9.17) is 16.0 Å². The molecule has 2 aromatic carbocycles. The summed E-state index contributed by atoms with van der Waals surface area (Å²) in [7, 11) is 1.92. The molecule has 1 N–H and O–H groups in total. The average Bonchev–Trinajstić information content (AvgIpc) is 2.82. The molecule has 2 nitrogen and oxygen atoms in total. The molecule has 0 aliphatic carbocycles. The van der Waals surface area contributed by atoms with E-state index < -0.39 is 0 Å². The molecule has 1 unspecified atom stereocenters. The van der Waals surface area contributed by atoms with Gasteiger partial charge in [0.1, 0.15) is 11.3 Å². The van der Waals surface area contributed by atoms with Crippen LogP contribution in [-0.4, -0.2) is 7.05 Å². The number of hydrogen-bond donors (Lipinski definition) is 1. The van der Waals surface area contributed by atoms with E-state index in [2.05, 4.69) is 30.4 Å². The average molecular weight is 286 g/mol. The molecule has 0 saturated carbocycles. The summed E-state index contributed by atoms with van der Waals surface area (Å²) in [6.07, 6.45) is 0. The van der Waals surface area contributed by atoms with E-state index >= 15 is 0 Å². The van der Waals surface area contributed by atoms with Gasteiger partial charge in [0, 0.05) is 10.4 Å². The largest absolute Gasteiger partial charge is 0.459 e. The number of hydrogen-bond acceptors (Lipinski definition) is 2. The molecule has 1 atom stereocenters. The van der Waals surface area contributed by atoms with Gasteiger partial charge in [-0.1, -0.05) is 35.4 Å². The van der Waals surface area contributed by atoms with Crippen molar-refractivity contribution in [2.24, 2.45) is 0 Å². The second-order valence-electron chi connectivity index (χ2n) is 4.97. The minimum Gasteiger partial charge on any atom is -0.459 e. The summed E-state index contributed by atoms with van der Waals surface area (Å²) in [4.78, 5) is 0. The minimum atomic E-state index is 0.00130. The van der Waals surface area contributed by atoms with Crippen LogP contribution >= 0.6 is 11.6 Å². The lowest BCUT2D eigenvalue weighted by atomic mass is 10.0. The molecule has 102 valence electrons. The molecule has 0 aliphatic heterocycles. The number of rotatable bonds is 3. The summed E-state index contributed by atoms with van der Waals surface area (Å²) in [6.45, 7) is 2.08. The van der Waals surface area contributed by atoms with Gasteiger partial charge >= 0.3 is 0 Å². The van der Waals surface area contributed by atoms with Gasteiger partial charge in [0.25, 0.3) is 0 Å². The number of aryl methyl sites for hydroxylation is 1. The molecular formula is C17H16ClNO. The molecule has 0 radical (unpaired) electrons. The summed E-state index contributed by atoms with van der Waals surface area (Å²) in [5, 5.41) is 5.14. The fraction of sp³-hybridized carbons (Fsp3) is 0.176. The molecule has 3 heteroatoms. The Labute approximate surface area is 123 Å². The molecule has 3 aromatic rings. The number of furan rings is 1. The lowest BCUT2D eigenvalue weighted by molar-refractivity contribution is 0.491. The Hall–Kier alpha value is -1.77. The maximum absolute atomic E-state index is 6.07. The van der Waals surface area contributed by atoms with Crippen LogP contribution < -0.4 is 5.32 Å². The van der Waals surface area contributed by atoms with Crippen LogP contribution in [0.2, 0.25) is 5.02 Å². The zero-order chi connectivity index (χ0) is 14.1. The zero-order valence-corrected chi connectivity index (χ0v) is 12.2. The van der Waals surface area contributed by atoms with Crippen LogP contribution in [0.5, 0.6) is 0 Å². The first kappa shape index (κ1) is 13.2. The zero-order valence-electron chi connectivity index (χ0n) is 11.5. The molecule has 0 bridgehead atoms. The highest BCUT2D eigenvalue weighted by molar-refractivity contribution is 6.30. The highest BCUT2D eigenvalue weighted by Gasteiger charge is 2.17. The lowest BCUT2D eigenvalue weighted by Crippen LogP contribution is -2.16. The van der Waals surface area contributed by atoms with Gasteiger partial charge < -0.3 is 9.73 Å². The predicted octanol–water partition coefficient (Wildman–Crippen LogP) is 4.70. The molecule has 0 amide bonds. The normalized spacial score (nSPS) is 12.8. The van der Waals surface area contributed by atoms with Crippen LogP contribution in [0.1, 0.15) is 22.9 Å². The van der Waals surface area contributed by atoms with Crippen LogP contribution in [0.25, 0.3) is 11.0 Å². The summed E-state index contributed by atoms with van der Waals surface area (Å²) in [5.74, 6) is 0.898. The van der Waals surface area contributed by atoms with Crippen LogP contribution in [0.4, 0.5) is 0 Å². The molecule has 0 spiro atoms. The molecule has 1 aromatic heterocycles. The van der Waals surface area contributed by atoms with E-state index in [0.717, 1.165) is 27.3 Å². The maximum atomic E-state index is 6.07. The first-order valence-corrected chi connectivity index (χ1v) is 6.98. The molecular weight excluding hydrogens is 270 g/mol.